The van der Waals surface area contributed by atoms with E-state index in [0.29, 0.717) is 0 Å². The summed E-state index contributed by atoms with van der Waals surface area (Å²) in [6, 6.07) is 10.6. The molecule has 2 heterocycles. The second-order valence-electron chi connectivity index (χ2n) is 4.96. The molecule has 104 valence electrons. The van der Waals surface area contributed by atoms with E-state index in [1.807, 2.05) is 23.9 Å². The second kappa shape index (κ2) is 5.51. The minimum Gasteiger partial charge on any atom is -0.472 e. The Kier molecular flexibility index (Phi) is 3.56. The number of nitrogens with zero attached hydrogens (tertiary/aromatic N) is 2. The van der Waals surface area contributed by atoms with Crippen LogP contribution in [0.5, 0.6) is 0 Å². The monoisotopic (exact) mass is 269 g/mol. The number of aryl methyl sites for hydroxylation is 1. The fourth-order valence-corrected chi connectivity index (χ4v) is 2.66. The molecule has 1 atom stereocenters. The molecule has 1 N–H and O–H groups in total. The Morgan fingerprint density at radius 3 is 2.90 bits per heavy atom. The predicted octanol–water partition coefficient (Wildman–Crippen LogP) is 3.06. The topological polar surface area (TPSA) is 43.0 Å². The zero-order chi connectivity index (χ0) is 13.9. The molecule has 0 radical (unpaired) electrons. The van der Waals surface area contributed by atoms with Crippen LogP contribution in [0.25, 0.3) is 10.9 Å². The third-order valence-electron chi connectivity index (χ3n) is 3.63. The minimum absolute atomic E-state index is 0.233. The van der Waals surface area contributed by atoms with Crippen molar-refractivity contribution in [2.45, 2.75) is 19.4 Å². The van der Waals surface area contributed by atoms with Crippen molar-refractivity contribution >= 4 is 10.9 Å². The molecular formula is C16H19N3O. The van der Waals surface area contributed by atoms with Gasteiger partial charge in [-0.3, -0.25) is 4.68 Å². The summed E-state index contributed by atoms with van der Waals surface area (Å²) in [6.07, 6.45) is 4.38. The second-order valence-corrected chi connectivity index (χ2v) is 4.96. The van der Waals surface area contributed by atoms with Gasteiger partial charge in [-0.15, -0.1) is 0 Å². The highest BCUT2D eigenvalue weighted by Gasteiger charge is 2.16. The zero-order valence-corrected chi connectivity index (χ0v) is 11.8. The summed E-state index contributed by atoms with van der Waals surface area (Å²) in [5.41, 5.74) is 3.46. The quantitative estimate of drug-likeness (QED) is 0.774. The van der Waals surface area contributed by atoms with Crippen molar-refractivity contribution in [3.05, 3.63) is 54.1 Å². The van der Waals surface area contributed by atoms with Gasteiger partial charge >= 0.3 is 0 Å². The van der Waals surface area contributed by atoms with Crippen LogP contribution in [0.3, 0.4) is 0 Å². The van der Waals surface area contributed by atoms with E-state index in [2.05, 4.69) is 35.5 Å². The molecule has 0 spiro atoms. The molecule has 0 bridgehead atoms. The number of fused-ring (bicyclic) bond motifs is 1. The molecule has 1 unspecified atom stereocenters. The summed E-state index contributed by atoms with van der Waals surface area (Å²) >= 11 is 0. The first-order valence-corrected chi connectivity index (χ1v) is 6.95. The zero-order valence-electron chi connectivity index (χ0n) is 11.8. The van der Waals surface area contributed by atoms with Gasteiger partial charge in [0.15, 0.2) is 0 Å². The fraction of sp³-hybridized carbons (Fsp3) is 0.312. The van der Waals surface area contributed by atoms with Gasteiger partial charge in [0.2, 0.25) is 0 Å². The van der Waals surface area contributed by atoms with Gasteiger partial charge in [0.05, 0.1) is 23.7 Å². The summed E-state index contributed by atoms with van der Waals surface area (Å²) in [4.78, 5) is 0. The first-order valence-electron chi connectivity index (χ1n) is 6.95. The Labute approximate surface area is 118 Å². The van der Waals surface area contributed by atoms with Crippen molar-refractivity contribution in [1.29, 1.82) is 0 Å². The molecule has 3 rings (SSSR count). The van der Waals surface area contributed by atoms with Crippen molar-refractivity contribution in [3.63, 3.8) is 0 Å². The predicted molar refractivity (Wildman–Crippen MR) is 79.5 cm³/mol. The molecule has 4 nitrogen and oxygen atoms in total. The smallest absolute Gasteiger partial charge is 0.0950 e. The highest BCUT2D eigenvalue weighted by Crippen LogP contribution is 2.24. The summed E-state index contributed by atoms with van der Waals surface area (Å²) in [6.45, 7) is 3.03. The van der Waals surface area contributed by atoms with Crippen LogP contribution in [0.2, 0.25) is 0 Å². The number of aromatic nitrogens is 2. The maximum absolute atomic E-state index is 5.21. The summed E-state index contributed by atoms with van der Waals surface area (Å²) in [5, 5.41) is 9.39. The van der Waals surface area contributed by atoms with E-state index < -0.39 is 0 Å². The third kappa shape index (κ3) is 2.34. The molecule has 0 amide bonds. The molecule has 4 heteroatoms. The van der Waals surface area contributed by atoms with Crippen LogP contribution in [-0.4, -0.2) is 16.3 Å². The molecule has 0 saturated heterocycles. The standard InChI is InChI=1S/C16H19N3O/c1-3-17-14(12-8-9-20-11-12)10-15-13-6-4-5-7-16(13)19(2)18-15/h4-9,11,14,17H,3,10H2,1-2H3. The number of hydrogen-bond acceptors (Lipinski definition) is 3. The Morgan fingerprint density at radius 1 is 1.30 bits per heavy atom. The molecule has 0 aliphatic carbocycles. The average molecular weight is 269 g/mol. The largest absolute Gasteiger partial charge is 0.472 e. The Balaban J connectivity index is 1.94. The number of hydrogen-bond donors (Lipinski definition) is 1. The van der Waals surface area contributed by atoms with Crippen LogP contribution in [0.4, 0.5) is 0 Å². The van der Waals surface area contributed by atoms with E-state index in [-0.39, 0.29) is 6.04 Å². The number of nitrogens with one attached hydrogen (secondary N) is 1. The van der Waals surface area contributed by atoms with E-state index >= 15 is 0 Å². The number of benzene rings is 1. The molecule has 2 aromatic heterocycles. The highest BCUT2D eigenvalue weighted by molar-refractivity contribution is 5.81. The van der Waals surface area contributed by atoms with Gasteiger partial charge in [-0.1, -0.05) is 25.1 Å². The van der Waals surface area contributed by atoms with Crippen molar-refractivity contribution in [1.82, 2.24) is 15.1 Å². The van der Waals surface area contributed by atoms with Crippen LogP contribution >= 0.6 is 0 Å². The lowest BCUT2D eigenvalue weighted by Crippen LogP contribution is -2.22. The van der Waals surface area contributed by atoms with Crippen molar-refractivity contribution in [2.24, 2.45) is 7.05 Å². The lowest BCUT2D eigenvalue weighted by molar-refractivity contribution is 0.520. The van der Waals surface area contributed by atoms with E-state index in [4.69, 9.17) is 4.42 Å². The van der Waals surface area contributed by atoms with E-state index in [0.717, 1.165) is 18.7 Å². The van der Waals surface area contributed by atoms with Gasteiger partial charge < -0.3 is 9.73 Å². The SMILES string of the molecule is CCNC(Cc1nn(C)c2ccccc12)c1ccoc1. The van der Waals surface area contributed by atoms with Crippen LogP contribution in [0.15, 0.2) is 47.3 Å². The van der Waals surface area contributed by atoms with Gasteiger partial charge in [-0.05, 0) is 18.7 Å². The molecule has 0 fully saturated rings. The first kappa shape index (κ1) is 12.9. The first-order chi connectivity index (χ1) is 9.79. The maximum Gasteiger partial charge on any atom is 0.0950 e. The van der Waals surface area contributed by atoms with Gasteiger partial charge in [0.1, 0.15) is 0 Å². The van der Waals surface area contributed by atoms with E-state index in [9.17, 15) is 0 Å². The van der Waals surface area contributed by atoms with Gasteiger partial charge in [0.25, 0.3) is 0 Å². The van der Waals surface area contributed by atoms with Crippen molar-refractivity contribution in [2.75, 3.05) is 6.54 Å². The average Bonchev–Trinajstić information content (AvgIpc) is 3.08. The number of rotatable bonds is 5. The van der Waals surface area contributed by atoms with Gasteiger partial charge in [0, 0.05) is 30.5 Å². The lowest BCUT2D eigenvalue weighted by atomic mass is 10.0. The third-order valence-corrected chi connectivity index (χ3v) is 3.63. The summed E-state index contributed by atoms with van der Waals surface area (Å²) in [5.74, 6) is 0. The number of para-hydroxylation sites is 1. The molecule has 0 saturated carbocycles. The summed E-state index contributed by atoms with van der Waals surface area (Å²) in [7, 11) is 1.99. The van der Waals surface area contributed by atoms with Gasteiger partial charge in [-0.25, -0.2) is 0 Å². The molecular weight excluding hydrogens is 250 g/mol. The normalized spacial score (nSPS) is 12.9. The van der Waals surface area contributed by atoms with E-state index in [1.165, 1.54) is 16.5 Å². The van der Waals surface area contributed by atoms with Crippen LogP contribution < -0.4 is 5.32 Å². The Morgan fingerprint density at radius 2 is 2.15 bits per heavy atom. The molecule has 20 heavy (non-hydrogen) atoms. The molecule has 0 aliphatic heterocycles. The maximum atomic E-state index is 5.21. The summed E-state index contributed by atoms with van der Waals surface area (Å²) < 4.78 is 7.15. The van der Waals surface area contributed by atoms with Gasteiger partial charge in [-0.2, -0.15) is 5.10 Å². The van der Waals surface area contributed by atoms with Crippen LogP contribution in [0, 0.1) is 0 Å². The Bertz CT molecular complexity index is 685. The van der Waals surface area contributed by atoms with Crippen molar-refractivity contribution < 1.29 is 4.42 Å². The van der Waals surface area contributed by atoms with Crippen LogP contribution in [-0.2, 0) is 13.5 Å². The highest BCUT2D eigenvalue weighted by atomic mass is 16.3. The fourth-order valence-electron chi connectivity index (χ4n) is 2.66. The molecule has 1 aromatic carbocycles. The minimum atomic E-state index is 0.233. The lowest BCUT2D eigenvalue weighted by Gasteiger charge is -2.15. The number of furan rings is 1. The number of likely N-dealkylation sites (N-methyl/N-ethyl adjacent to an activating group) is 1. The van der Waals surface area contributed by atoms with E-state index in [1.54, 1.807) is 12.5 Å². The van der Waals surface area contributed by atoms with Crippen LogP contribution in [0.1, 0.15) is 24.2 Å². The van der Waals surface area contributed by atoms with Crippen molar-refractivity contribution in [3.8, 4) is 0 Å². The molecule has 0 aliphatic rings. The Hall–Kier alpha value is -2.07. The molecule has 3 aromatic rings.